The summed E-state index contributed by atoms with van der Waals surface area (Å²) < 4.78 is 27.2. The largest absolute Gasteiger partial charge is 0.391 e. The average molecular weight is 243 g/mol. The molecule has 0 saturated carbocycles. The molecule has 0 aliphatic heterocycles. The zero-order chi connectivity index (χ0) is 12.8. The summed E-state index contributed by atoms with van der Waals surface area (Å²) in [4.78, 5) is 1.88. The second kappa shape index (κ2) is 6.55. The first kappa shape index (κ1) is 13.9. The maximum Gasteiger partial charge on any atom is 0.154 e. The van der Waals surface area contributed by atoms with E-state index in [9.17, 15) is 8.78 Å². The zero-order valence-electron chi connectivity index (χ0n) is 10.3. The van der Waals surface area contributed by atoms with E-state index in [1.165, 1.54) is 12.1 Å². The van der Waals surface area contributed by atoms with Crippen LogP contribution in [0.5, 0.6) is 0 Å². The lowest BCUT2D eigenvalue weighted by atomic mass is 10.1. The van der Waals surface area contributed by atoms with Crippen LogP contribution in [0.15, 0.2) is 12.1 Å². The predicted octanol–water partition coefficient (Wildman–Crippen LogP) is 3.08. The minimum atomic E-state index is -0.693. The summed E-state index contributed by atoms with van der Waals surface area (Å²) in [5.41, 5.74) is 0.124. The molecule has 0 aliphatic carbocycles. The molecule has 96 valence electrons. The quantitative estimate of drug-likeness (QED) is 0.830. The van der Waals surface area contributed by atoms with Gasteiger partial charge in [0.25, 0.3) is 0 Å². The Kier molecular flexibility index (Phi) is 5.35. The highest BCUT2D eigenvalue weighted by Crippen LogP contribution is 2.25. The highest BCUT2D eigenvalue weighted by Gasteiger charge is 2.16. The molecule has 0 saturated heterocycles. The van der Waals surface area contributed by atoms with Crippen LogP contribution in [0.3, 0.4) is 0 Å². The van der Waals surface area contributed by atoms with Gasteiger partial charge in [-0.1, -0.05) is 13.8 Å². The monoisotopic (exact) mass is 243 g/mol. The molecule has 0 heterocycles. The Morgan fingerprint density at radius 2 is 1.71 bits per heavy atom. The molecule has 17 heavy (non-hydrogen) atoms. The lowest BCUT2D eigenvalue weighted by Crippen LogP contribution is -2.26. The average Bonchev–Trinajstić information content (AvgIpc) is 2.30. The normalized spacial score (nSPS) is 10.6. The number of hydrogen-bond donors (Lipinski definition) is 1. The summed E-state index contributed by atoms with van der Waals surface area (Å²) >= 11 is 0. The molecule has 0 spiro atoms. The third kappa shape index (κ3) is 3.16. The molecule has 4 heteroatoms. The van der Waals surface area contributed by atoms with E-state index in [2.05, 4.69) is 0 Å². The molecule has 0 fully saturated rings. The predicted molar refractivity (Wildman–Crippen MR) is 65.1 cm³/mol. The first-order valence-electron chi connectivity index (χ1n) is 5.98. The van der Waals surface area contributed by atoms with Crippen molar-refractivity contribution in [2.75, 3.05) is 18.0 Å². The van der Waals surface area contributed by atoms with Crippen molar-refractivity contribution in [2.45, 2.75) is 33.3 Å². The third-order valence-electron chi connectivity index (χ3n) is 2.65. The summed E-state index contributed by atoms with van der Waals surface area (Å²) in [6.45, 7) is 4.86. The Morgan fingerprint density at radius 1 is 1.12 bits per heavy atom. The fourth-order valence-electron chi connectivity index (χ4n) is 1.87. The number of halogens is 2. The number of aliphatic hydroxyl groups is 1. The van der Waals surface area contributed by atoms with Crippen LogP contribution in [0.4, 0.5) is 14.5 Å². The molecule has 0 aromatic heterocycles. The van der Waals surface area contributed by atoms with Crippen molar-refractivity contribution in [1.82, 2.24) is 0 Å². The van der Waals surface area contributed by atoms with Gasteiger partial charge in [-0.2, -0.15) is 0 Å². The summed E-state index contributed by atoms with van der Waals surface area (Å²) in [6.07, 6.45) is 1.79. The van der Waals surface area contributed by atoms with Crippen LogP contribution in [-0.2, 0) is 6.61 Å². The van der Waals surface area contributed by atoms with Crippen LogP contribution in [0.1, 0.15) is 32.3 Å². The van der Waals surface area contributed by atoms with Crippen molar-refractivity contribution in [3.63, 3.8) is 0 Å². The Balaban J connectivity index is 3.10. The smallest absolute Gasteiger partial charge is 0.154 e. The highest BCUT2D eigenvalue weighted by atomic mass is 19.1. The van der Waals surface area contributed by atoms with Gasteiger partial charge in [0.15, 0.2) is 5.82 Å². The Bertz CT molecular complexity index is 363. The van der Waals surface area contributed by atoms with Gasteiger partial charge in [0.05, 0.1) is 17.9 Å². The minimum absolute atomic E-state index is 0.250. The lowest BCUT2D eigenvalue weighted by Gasteiger charge is -2.25. The molecule has 0 radical (unpaired) electrons. The third-order valence-corrected chi connectivity index (χ3v) is 2.65. The van der Waals surface area contributed by atoms with E-state index in [0.717, 1.165) is 25.9 Å². The summed E-state index contributed by atoms with van der Waals surface area (Å²) in [5.74, 6) is -1.34. The van der Waals surface area contributed by atoms with E-state index in [1.54, 1.807) is 0 Å². The first-order chi connectivity index (χ1) is 8.15. The molecule has 1 aromatic carbocycles. The lowest BCUT2D eigenvalue weighted by molar-refractivity contribution is 0.269. The van der Waals surface area contributed by atoms with Crippen LogP contribution >= 0.6 is 0 Å². The number of benzene rings is 1. The Labute approximate surface area is 101 Å². The molecule has 0 atom stereocenters. The van der Waals surface area contributed by atoms with Gasteiger partial charge in [-0.3, -0.25) is 0 Å². The van der Waals surface area contributed by atoms with Crippen molar-refractivity contribution in [3.8, 4) is 0 Å². The van der Waals surface area contributed by atoms with Gasteiger partial charge in [0, 0.05) is 13.1 Å². The van der Waals surface area contributed by atoms with Crippen LogP contribution in [0.2, 0.25) is 0 Å². The van der Waals surface area contributed by atoms with E-state index in [0.29, 0.717) is 5.69 Å². The second-order valence-electron chi connectivity index (χ2n) is 4.00. The zero-order valence-corrected chi connectivity index (χ0v) is 10.3. The fourth-order valence-corrected chi connectivity index (χ4v) is 1.87. The van der Waals surface area contributed by atoms with Gasteiger partial charge in [-0.05, 0) is 25.0 Å². The van der Waals surface area contributed by atoms with Gasteiger partial charge in [0.2, 0.25) is 0 Å². The minimum Gasteiger partial charge on any atom is -0.391 e. The van der Waals surface area contributed by atoms with Gasteiger partial charge in [0.1, 0.15) is 5.82 Å². The molecule has 0 bridgehead atoms. The molecule has 0 unspecified atom stereocenters. The molecule has 0 aliphatic rings. The number of aliphatic hydroxyl groups excluding tert-OH is 1. The molecular weight excluding hydrogens is 224 g/mol. The van der Waals surface area contributed by atoms with Crippen LogP contribution in [0, 0.1) is 11.6 Å². The van der Waals surface area contributed by atoms with Crippen molar-refractivity contribution >= 4 is 5.69 Å². The topological polar surface area (TPSA) is 23.5 Å². The maximum absolute atomic E-state index is 14.0. The first-order valence-corrected chi connectivity index (χ1v) is 5.98. The summed E-state index contributed by atoms with van der Waals surface area (Å²) in [5, 5.41) is 8.97. The second-order valence-corrected chi connectivity index (χ2v) is 4.00. The van der Waals surface area contributed by atoms with Gasteiger partial charge >= 0.3 is 0 Å². The Hall–Kier alpha value is -1.16. The molecule has 1 aromatic rings. The Morgan fingerprint density at radius 3 is 2.18 bits per heavy atom. The van der Waals surface area contributed by atoms with Gasteiger partial charge in [-0.25, -0.2) is 8.78 Å². The van der Waals surface area contributed by atoms with Crippen LogP contribution in [0.25, 0.3) is 0 Å². The molecule has 0 amide bonds. The standard InChI is InChI=1S/C13H19F2NO/c1-3-7-16(8-4-2)12-6-5-11(14)10(9-17)13(12)15/h5-6,17H,3-4,7-9H2,1-2H3. The summed E-state index contributed by atoms with van der Waals surface area (Å²) in [6, 6.07) is 2.65. The fraction of sp³-hybridized carbons (Fsp3) is 0.538. The van der Waals surface area contributed by atoms with Crippen molar-refractivity contribution in [1.29, 1.82) is 0 Å². The SMILES string of the molecule is CCCN(CCC)c1ccc(F)c(CO)c1F. The van der Waals surface area contributed by atoms with E-state index < -0.39 is 18.2 Å². The highest BCUT2D eigenvalue weighted by molar-refractivity contribution is 5.50. The molecule has 1 rings (SSSR count). The van der Waals surface area contributed by atoms with Gasteiger partial charge < -0.3 is 10.0 Å². The maximum atomic E-state index is 14.0. The molecular formula is C13H19F2NO. The molecule has 1 N–H and O–H groups in total. The van der Waals surface area contributed by atoms with E-state index in [-0.39, 0.29) is 5.56 Å². The van der Waals surface area contributed by atoms with E-state index in [1.807, 2.05) is 18.7 Å². The number of anilines is 1. The van der Waals surface area contributed by atoms with Crippen molar-refractivity contribution in [3.05, 3.63) is 29.3 Å². The van der Waals surface area contributed by atoms with E-state index >= 15 is 0 Å². The van der Waals surface area contributed by atoms with E-state index in [4.69, 9.17) is 5.11 Å². The van der Waals surface area contributed by atoms with Crippen LogP contribution in [-0.4, -0.2) is 18.2 Å². The number of hydrogen-bond acceptors (Lipinski definition) is 2. The van der Waals surface area contributed by atoms with Crippen LogP contribution < -0.4 is 4.90 Å². The van der Waals surface area contributed by atoms with Crippen molar-refractivity contribution in [2.24, 2.45) is 0 Å². The van der Waals surface area contributed by atoms with Gasteiger partial charge in [-0.15, -0.1) is 0 Å². The number of rotatable bonds is 6. The molecule has 2 nitrogen and oxygen atoms in total. The number of nitrogens with zero attached hydrogens (tertiary/aromatic N) is 1. The summed E-state index contributed by atoms with van der Waals surface area (Å²) in [7, 11) is 0. The van der Waals surface area contributed by atoms with Crippen molar-refractivity contribution < 1.29 is 13.9 Å².